The first-order chi connectivity index (χ1) is 6.70. The third kappa shape index (κ3) is 4.07. The summed E-state index contributed by atoms with van der Waals surface area (Å²) in [4.78, 5) is 13.5. The first-order valence-corrected chi connectivity index (χ1v) is 5.36. The van der Waals surface area contributed by atoms with Gasteiger partial charge in [-0.3, -0.25) is 4.79 Å². The van der Waals surface area contributed by atoms with E-state index in [4.69, 9.17) is 5.11 Å². The van der Waals surface area contributed by atoms with Crippen LogP contribution in [0.25, 0.3) is 0 Å². The predicted octanol–water partition coefficient (Wildman–Crippen LogP) is -0.0307. The molecule has 1 rings (SSSR count). The average molecular weight is 200 g/mol. The normalized spacial score (nSPS) is 20.3. The van der Waals surface area contributed by atoms with E-state index >= 15 is 0 Å². The predicted molar refractivity (Wildman–Crippen MR) is 55.0 cm³/mol. The van der Waals surface area contributed by atoms with Crippen molar-refractivity contribution in [1.82, 2.24) is 10.2 Å². The fourth-order valence-electron chi connectivity index (χ4n) is 1.59. The Kier molecular flexibility index (Phi) is 4.90. The van der Waals surface area contributed by atoms with Gasteiger partial charge in [0.15, 0.2) is 0 Å². The standard InChI is InChI=1S/C10H20N2O2/c1-9(13)3-4-10(14)12-7-2-5-11-6-8-12/h9,11,13H,2-8H2,1H3. The van der Waals surface area contributed by atoms with Gasteiger partial charge in [0, 0.05) is 26.1 Å². The molecule has 4 nitrogen and oxygen atoms in total. The molecule has 0 aromatic rings. The topological polar surface area (TPSA) is 52.6 Å². The van der Waals surface area contributed by atoms with Crippen LogP contribution in [0.3, 0.4) is 0 Å². The van der Waals surface area contributed by atoms with Crippen molar-refractivity contribution >= 4 is 5.91 Å². The summed E-state index contributed by atoms with van der Waals surface area (Å²) >= 11 is 0. The molecular formula is C10H20N2O2. The molecule has 1 aliphatic rings. The van der Waals surface area contributed by atoms with Gasteiger partial charge in [-0.2, -0.15) is 0 Å². The SMILES string of the molecule is CC(O)CCC(=O)N1CCCNCC1. The Labute approximate surface area is 85.3 Å². The zero-order valence-electron chi connectivity index (χ0n) is 8.83. The lowest BCUT2D eigenvalue weighted by Crippen LogP contribution is -2.34. The monoisotopic (exact) mass is 200 g/mol. The van der Waals surface area contributed by atoms with Crippen LogP contribution in [0.5, 0.6) is 0 Å². The molecule has 1 amide bonds. The highest BCUT2D eigenvalue weighted by Crippen LogP contribution is 2.03. The molecule has 1 fully saturated rings. The summed E-state index contributed by atoms with van der Waals surface area (Å²) in [5.74, 6) is 0.176. The maximum atomic E-state index is 11.6. The summed E-state index contributed by atoms with van der Waals surface area (Å²) in [5, 5.41) is 12.3. The van der Waals surface area contributed by atoms with Crippen LogP contribution in [-0.2, 0) is 4.79 Å². The van der Waals surface area contributed by atoms with E-state index in [-0.39, 0.29) is 12.0 Å². The second kappa shape index (κ2) is 5.98. The van der Waals surface area contributed by atoms with Crippen molar-refractivity contribution in [3.8, 4) is 0 Å². The van der Waals surface area contributed by atoms with Gasteiger partial charge in [0.05, 0.1) is 6.10 Å². The fraction of sp³-hybridized carbons (Fsp3) is 0.900. The van der Waals surface area contributed by atoms with Crippen molar-refractivity contribution in [3.63, 3.8) is 0 Å². The smallest absolute Gasteiger partial charge is 0.222 e. The Morgan fingerprint density at radius 3 is 3.00 bits per heavy atom. The Morgan fingerprint density at radius 1 is 1.50 bits per heavy atom. The lowest BCUT2D eigenvalue weighted by Gasteiger charge is -2.20. The van der Waals surface area contributed by atoms with Crippen molar-refractivity contribution in [2.75, 3.05) is 26.2 Å². The maximum Gasteiger partial charge on any atom is 0.222 e. The van der Waals surface area contributed by atoms with E-state index in [2.05, 4.69) is 5.32 Å². The first-order valence-electron chi connectivity index (χ1n) is 5.36. The van der Waals surface area contributed by atoms with Gasteiger partial charge in [-0.15, -0.1) is 0 Å². The van der Waals surface area contributed by atoms with Crippen molar-refractivity contribution in [1.29, 1.82) is 0 Å². The number of aliphatic hydroxyl groups excluding tert-OH is 1. The van der Waals surface area contributed by atoms with Crippen LogP contribution >= 0.6 is 0 Å². The van der Waals surface area contributed by atoms with E-state index in [1.165, 1.54) is 0 Å². The average Bonchev–Trinajstić information content (AvgIpc) is 2.42. The third-order valence-corrected chi connectivity index (χ3v) is 2.47. The zero-order valence-corrected chi connectivity index (χ0v) is 8.83. The van der Waals surface area contributed by atoms with E-state index in [0.29, 0.717) is 12.8 Å². The molecule has 0 aromatic heterocycles. The van der Waals surface area contributed by atoms with Crippen LogP contribution in [0.15, 0.2) is 0 Å². The second-order valence-electron chi connectivity index (χ2n) is 3.87. The Morgan fingerprint density at radius 2 is 2.29 bits per heavy atom. The number of hydrogen-bond donors (Lipinski definition) is 2. The van der Waals surface area contributed by atoms with Crippen molar-refractivity contribution in [2.45, 2.75) is 32.3 Å². The summed E-state index contributed by atoms with van der Waals surface area (Å²) < 4.78 is 0. The molecule has 1 atom stereocenters. The minimum Gasteiger partial charge on any atom is -0.393 e. The molecule has 0 aromatic carbocycles. The van der Waals surface area contributed by atoms with Crippen LogP contribution in [0, 0.1) is 0 Å². The first kappa shape index (κ1) is 11.5. The third-order valence-electron chi connectivity index (χ3n) is 2.47. The molecular weight excluding hydrogens is 180 g/mol. The van der Waals surface area contributed by atoms with Gasteiger partial charge in [0.1, 0.15) is 0 Å². The minimum atomic E-state index is -0.371. The number of rotatable bonds is 3. The van der Waals surface area contributed by atoms with Gasteiger partial charge in [-0.1, -0.05) is 0 Å². The summed E-state index contributed by atoms with van der Waals surface area (Å²) in [7, 11) is 0. The van der Waals surface area contributed by atoms with Crippen LogP contribution in [-0.4, -0.2) is 48.2 Å². The van der Waals surface area contributed by atoms with Crippen LogP contribution in [0.4, 0.5) is 0 Å². The second-order valence-corrected chi connectivity index (χ2v) is 3.87. The molecule has 1 heterocycles. The number of nitrogens with one attached hydrogen (secondary N) is 1. The van der Waals surface area contributed by atoms with Gasteiger partial charge < -0.3 is 15.3 Å². The lowest BCUT2D eigenvalue weighted by molar-refractivity contribution is -0.131. The van der Waals surface area contributed by atoms with Gasteiger partial charge in [-0.25, -0.2) is 0 Å². The van der Waals surface area contributed by atoms with Gasteiger partial charge in [-0.05, 0) is 26.3 Å². The number of carbonyl (C=O) groups is 1. The van der Waals surface area contributed by atoms with Gasteiger partial charge >= 0.3 is 0 Å². The van der Waals surface area contributed by atoms with Crippen molar-refractivity contribution in [2.24, 2.45) is 0 Å². The van der Waals surface area contributed by atoms with Crippen LogP contribution in [0.2, 0.25) is 0 Å². The van der Waals surface area contributed by atoms with Crippen molar-refractivity contribution in [3.05, 3.63) is 0 Å². The summed E-state index contributed by atoms with van der Waals surface area (Å²) in [5.41, 5.74) is 0. The number of aliphatic hydroxyl groups is 1. The minimum absolute atomic E-state index is 0.176. The quantitative estimate of drug-likeness (QED) is 0.672. The van der Waals surface area contributed by atoms with Gasteiger partial charge in [0.2, 0.25) is 5.91 Å². The van der Waals surface area contributed by atoms with E-state index in [1.54, 1.807) is 6.92 Å². The highest BCUT2D eigenvalue weighted by atomic mass is 16.3. The highest BCUT2D eigenvalue weighted by Gasteiger charge is 2.15. The molecule has 1 saturated heterocycles. The molecule has 0 saturated carbocycles. The van der Waals surface area contributed by atoms with Crippen LogP contribution < -0.4 is 5.32 Å². The molecule has 2 N–H and O–H groups in total. The van der Waals surface area contributed by atoms with E-state index in [9.17, 15) is 4.79 Å². The summed E-state index contributed by atoms with van der Waals surface area (Å²) in [6.07, 6.45) is 1.70. The van der Waals surface area contributed by atoms with Crippen molar-refractivity contribution < 1.29 is 9.90 Å². The van der Waals surface area contributed by atoms with E-state index < -0.39 is 0 Å². The lowest BCUT2D eigenvalue weighted by atomic mass is 10.2. The molecule has 14 heavy (non-hydrogen) atoms. The summed E-state index contributed by atoms with van der Waals surface area (Å²) in [6.45, 7) is 5.27. The Bertz CT molecular complexity index is 175. The number of carbonyl (C=O) groups excluding carboxylic acids is 1. The van der Waals surface area contributed by atoms with Crippen LogP contribution in [0.1, 0.15) is 26.2 Å². The molecule has 4 heteroatoms. The zero-order chi connectivity index (χ0) is 10.4. The largest absolute Gasteiger partial charge is 0.393 e. The number of nitrogens with zero attached hydrogens (tertiary/aromatic N) is 1. The Hall–Kier alpha value is -0.610. The Balaban J connectivity index is 2.27. The molecule has 82 valence electrons. The molecule has 0 aliphatic carbocycles. The molecule has 0 radical (unpaired) electrons. The number of hydrogen-bond acceptors (Lipinski definition) is 3. The van der Waals surface area contributed by atoms with E-state index in [1.807, 2.05) is 4.90 Å². The number of amides is 1. The molecule has 1 unspecified atom stereocenters. The summed E-state index contributed by atoms with van der Waals surface area (Å²) in [6, 6.07) is 0. The molecule has 0 bridgehead atoms. The van der Waals surface area contributed by atoms with Gasteiger partial charge in [0.25, 0.3) is 0 Å². The molecule has 1 aliphatic heterocycles. The fourth-order valence-corrected chi connectivity index (χ4v) is 1.59. The molecule has 0 spiro atoms. The maximum absolute atomic E-state index is 11.6. The highest BCUT2D eigenvalue weighted by molar-refractivity contribution is 5.76. The van der Waals surface area contributed by atoms with E-state index in [0.717, 1.165) is 32.6 Å².